The Balaban J connectivity index is 1.89. The molecule has 2 heterocycles. The lowest BCUT2D eigenvalue weighted by atomic mass is 9.92. The zero-order valence-corrected chi connectivity index (χ0v) is 30.8. The number of cyclic esters (lactones) is 2. The molecule has 0 unspecified atom stereocenters. The van der Waals surface area contributed by atoms with Gasteiger partial charge >= 0.3 is 11.9 Å². The van der Waals surface area contributed by atoms with Crippen LogP contribution in [-0.2, 0) is 19.1 Å². The van der Waals surface area contributed by atoms with Gasteiger partial charge in [-0.1, -0.05) is 104 Å². The van der Waals surface area contributed by atoms with Crippen LogP contribution in [0.5, 0.6) is 0 Å². The molecule has 0 saturated heterocycles. The minimum absolute atomic E-state index is 0.170. The summed E-state index contributed by atoms with van der Waals surface area (Å²) in [6, 6.07) is 0. The van der Waals surface area contributed by atoms with Crippen LogP contribution in [0.3, 0.4) is 0 Å². The third-order valence-electron chi connectivity index (χ3n) is 8.51. The average Bonchev–Trinajstić information content (AvgIpc) is 3.64. The predicted octanol–water partition coefficient (Wildman–Crippen LogP) is 10.00. The molecule has 0 bridgehead atoms. The highest BCUT2D eigenvalue weighted by Gasteiger charge is 2.09. The lowest BCUT2D eigenvalue weighted by molar-refractivity contribution is -0.143. The first-order valence-electron chi connectivity index (χ1n) is 18.9. The van der Waals surface area contributed by atoms with Crippen molar-refractivity contribution in [2.24, 2.45) is 22.6 Å². The van der Waals surface area contributed by atoms with Gasteiger partial charge in [-0.3, -0.25) is 14.6 Å². The van der Waals surface area contributed by atoms with Gasteiger partial charge in [-0.05, 0) is 101 Å². The minimum Gasteiger partial charge on any atom is -0.461 e. The molecule has 0 spiro atoms. The summed E-state index contributed by atoms with van der Waals surface area (Å²) in [6.07, 6.45) is 51.6. The molecule has 0 aliphatic carbocycles. The topological polar surface area (TPSA) is 103 Å². The maximum Gasteiger partial charge on any atom is 0.306 e. The van der Waals surface area contributed by atoms with Crippen molar-refractivity contribution < 1.29 is 19.1 Å². The maximum atomic E-state index is 12.1. The molecule has 2 rings (SSSR count). The normalized spacial score (nSPS) is 26.6. The second-order valence-electron chi connectivity index (χ2n) is 12.9. The molecule has 0 amide bonds. The molecule has 2 aliphatic heterocycles. The summed E-state index contributed by atoms with van der Waals surface area (Å²) in [5, 5.41) is 3.13. The molecule has 0 fully saturated rings. The Morgan fingerprint density at radius 2 is 1.12 bits per heavy atom. The van der Waals surface area contributed by atoms with E-state index < -0.39 is 0 Å². The van der Waals surface area contributed by atoms with E-state index in [9.17, 15) is 9.59 Å². The van der Waals surface area contributed by atoms with E-state index in [0.717, 1.165) is 83.6 Å². The van der Waals surface area contributed by atoms with Crippen LogP contribution < -0.4 is 11.1 Å². The number of rotatable bonds is 7. The van der Waals surface area contributed by atoms with Gasteiger partial charge in [0, 0.05) is 38.2 Å². The van der Waals surface area contributed by atoms with Crippen LogP contribution in [-0.4, -0.2) is 37.9 Å². The highest BCUT2D eigenvalue weighted by molar-refractivity contribution is 5.70. The van der Waals surface area contributed by atoms with Gasteiger partial charge < -0.3 is 20.5 Å². The Hall–Kier alpha value is -4.39. The van der Waals surface area contributed by atoms with E-state index in [1.807, 2.05) is 48.9 Å². The predicted molar refractivity (Wildman–Crippen MR) is 214 cm³/mol. The molecule has 7 heteroatoms. The fourth-order valence-corrected chi connectivity index (χ4v) is 5.48. The van der Waals surface area contributed by atoms with Crippen molar-refractivity contribution >= 4 is 18.2 Å². The molecular formula is C44H63N3O4. The Morgan fingerprint density at radius 3 is 1.57 bits per heavy atom. The van der Waals surface area contributed by atoms with Crippen LogP contribution in [0.1, 0.15) is 103 Å². The van der Waals surface area contributed by atoms with Gasteiger partial charge in [0.25, 0.3) is 0 Å². The fourth-order valence-electron chi connectivity index (χ4n) is 5.48. The van der Waals surface area contributed by atoms with Crippen LogP contribution >= 0.6 is 0 Å². The molecule has 0 atom stereocenters. The number of aliphatic imine (C=N–C) groups is 1. The van der Waals surface area contributed by atoms with Crippen molar-refractivity contribution in [3.05, 3.63) is 121 Å². The van der Waals surface area contributed by atoms with Crippen molar-refractivity contribution in [3.8, 4) is 0 Å². The Labute approximate surface area is 308 Å². The molecule has 278 valence electrons. The number of nitrogens with zero attached hydrogens (tertiary/aromatic N) is 1. The first kappa shape index (κ1) is 42.8. The molecule has 0 aromatic heterocycles. The van der Waals surface area contributed by atoms with E-state index in [2.05, 4.69) is 77.6 Å². The zero-order valence-electron chi connectivity index (χ0n) is 30.8. The molecule has 0 radical (unpaired) electrons. The summed E-state index contributed by atoms with van der Waals surface area (Å²) in [7, 11) is 0. The van der Waals surface area contributed by atoms with E-state index >= 15 is 0 Å². The molecule has 7 nitrogen and oxygen atoms in total. The number of esters is 2. The second kappa shape index (κ2) is 30.4. The molecule has 0 aromatic carbocycles. The number of nitrogens with two attached hydrogens (primary N) is 1. The quantitative estimate of drug-likeness (QED) is 0.203. The summed E-state index contributed by atoms with van der Waals surface area (Å²) in [4.78, 5) is 28.5. The third kappa shape index (κ3) is 26.1. The number of allylic oxidation sites excluding steroid dienone is 15. The average molecular weight is 698 g/mol. The highest BCUT2D eigenvalue weighted by atomic mass is 16.5. The molecule has 2 aliphatic rings. The van der Waals surface area contributed by atoms with Gasteiger partial charge in [0.1, 0.15) is 13.2 Å². The lowest BCUT2D eigenvalue weighted by Gasteiger charge is -2.14. The third-order valence-corrected chi connectivity index (χ3v) is 8.51. The van der Waals surface area contributed by atoms with Crippen LogP contribution in [0.15, 0.2) is 126 Å². The van der Waals surface area contributed by atoms with Gasteiger partial charge in [-0.2, -0.15) is 0 Å². The van der Waals surface area contributed by atoms with Gasteiger partial charge in [0.05, 0.1) is 5.82 Å². The van der Waals surface area contributed by atoms with Crippen molar-refractivity contribution in [3.63, 3.8) is 0 Å². The molecule has 51 heavy (non-hydrogen) atoms. The Bertz CT molecular complexity index is 1220. The van der Waals surface area contributed by atoms with E-state index in [1.165, 1.54) is 5.57 Å². The van der Waals surface area contributed by atoms with Gasteiger partial charge in [0.2, 0.25) is 0 Å². The van der Waals surface area contributed by atoms with Crippen LogP contribution in [0, 0.1) is 11.8 Å². The van der Waals surface area contributed by atoms with E-state index in [1.54, 1.807) is 0 Å². The Kier molecular flexibility index (Phi) is 25.5. The molecular weight excluding hydrogens is 635 g/mol. The first-order valence-corrected chi connectivity index (χ1v) is 18.9. The van der Waals surface area contributed by atoms with Gasteiger partial charge in [-0.15, -0.1) is 0 Å². The number of carbonyl (C=O) groups excluding carboxylic acids is 2. The van der Waals surface area contributed by atoms with Crippen molar-refractivity contribution in [2.75, 3.05) is 19.8 Å². The van der Waals surface area contributed by atoms with Crippen molar-refractivity contribution in [2.45, 2.75) is 103 Å². The SMILES string of the molecule is C=C(N)NCCC1C/C=C/C/C=C/CCC(=O)OC/C=C/C/C=C/CC(CCC2=CN=CC2)C/C=C/C/C=C/COC(=O)CC/C=C/C/C=C/C1. The summed E-state index contributed by atoms with van der Waals surface area (Å²) < 4.78 is 10.7. The summed E-state index contributed by atoms with van der Waals surface area (Å²) in [5.74, 6) is 1.21. The minimum atomic E-state index is -0.170. The smallest absolute Gasteiger partial charge is 0.306 e. The van der Waals surface area contributed by atoms with Crippen molar-refractivity contribution in [1.82, 2.24) is 5.32 Å². The van der Waals surface area contributed by atoms with Crippen LogP contribution in [0.25, 0.3) is 0 Å². The van der Waals surface area contributed by atoms with Crippen LogP contribution in [0.2, 0.25) is 0 Å². The van der Waals surface area contributed by atoms with Crippen LogP contribution in [0.4, 0.5) is 0 Å². The van der Waals surface area contributed by atoms with E-state index in [4.69, 9.17) is 15.2 Å². The van der Waals surface area contributed by atoms with Crippen molar-refractivity contribution in [1.29, 1.82) is 0 Å². The van der Waals surface area contributed by atoms with Gasteiger partial charge in [0.15, 0.2) is 0 Å². The molecule has 3 N–H and O–H groups in total. The second-order valence-corrected chi connectivity index (χ2v) is 12.9. The summed E-state index contributed by atoms with van der Waals surface area (Å²) >= 11 is 0. The standard InChI is InChI=1S/C44H63N3O4/c1-39(45)47-35-33-41-26-18-8-2-4-12-20-28-43(48)50-36-22-14-6-10-16-24-40(30-31-42-32-34-46-38-42)25-17-11-7-15-23-37-51-44(49)29-21-13-5-3-9-19-27-41/h4-5,8-19,22-23,34,38,40-41,47H,1-3,6-7,20-21,24-33,35-37,45H2/b12-4+,13-5+,16-10+,17-11+,18-8+,19-9+,22-14+,23-15+. The summed E-state index contributed by atoms with van der Waals surface area (Å²) in [6.45, 7) is 5.13. The summed E-state index contributed by atoms with van der Waals surface area (Å²) in [5.41, 5.74) is 7.08. The maximum absolute atomic E-state index is 12.1. The Morgan fingerprint density at radius 1 is 0.667 bits per heavy atom. The highest BCUT2D eigenvalue weighted by Crippen LogP contribution is 2.23. The van der Waals surface area contributed by atoms with E-state index in [-0.39, 0.29) is 11.9 Å². The molecule has 0 aromatic rings. The van der Waals surface area contributed by atoms with E-state index in [0.29, 0.717) is 56.6 Å². The lowest BCUT2D eigenvalue weighted by Crippen LogP contribution is -2.21. The zero-order chi connectivity index (χ0) is 36.5. The molecule has 0 saturated carbocycles. The largest absolute Gasteiger partial charge is 0.461 e. The number of hydrogen-bond donors (Lipinski definition) is 2. The number of nitrogens with one attached hydrogen (secondary N) is 1. The fraction of sp³-hybridized carbons (Fsp3) is 0.477. The number of ether oxygens (including phenoxy) is 2. The number of carbonyl (C=O) groups is 2. The monoisotopic (exact) mass is 697 g/mol. The number of hydrogen-bond acceptors (Lipinski definition) is 7. The first-order chi connectivity index (χ1) is 25.0. The van der Waals surface area contributed by atoms with Gasteiger partial charge in [-0.25, -0.2) is 0 Å².